The molecule has 35 heavy (non-hydrogen) atoms. The van der Waals surface area contributed by atoms with Gasteiger partial charge < -0.3 is 14.5 Å². The van der Waals surface area contributed by atoms with Gasteiger partial charge in [-0.3, -0.25) is 19.3 Å². The van der Waals surface area contributed by atoms with Gasteiger partial charge in [-0.1, -0.05) is 35.9 Å². The number of nitrogens with zero attached hydrogens (tertiary/aromatic N) is 3. The highest BCUT2D eigenvalue weighted by Crippen LogP contribution is 2.33. The van der Waals surface area contributed by atoms with Crippen LogP contribution in [0.5, 0.6) is 0 Å². The molecule has 4 rings (SSSR count). The number of benzene rings is 2. The molecule has 2 aliphatic heterocycles. The van der Waals surface area contributed by atoms with Crippen molar-refractivity contribution in [3.8, 4) is 0 Å². The number of amides is 4. The Balaban J connectivity index is 1.38. The van der Waals surface area contributed by atoms with Gasteiger partial charge in [-0.2, -0.15) is 0 Å². The topological polar surface area (TPSA) is 87.2 Å². The van der Waals surface area contributed by atoms with Crippen molar-refractivity contribution in [1.29, 1.82) is 0 Å². The van der Waals surface area contributed by atoms with E-state index in [9.17, 15) is 19.2 Å². The third kappa shape index (κ3) is 5.86. The van der Waals surface area contributed by atoms with E-state index in [0.29, 0.717) is 53.8 Å². The molecule has 2 aromatic carbocycles. The van der Waals surface area contributed by atoms with Crippen molar-refractivity contribution >= 4 is 52.6 Å². The second-order valence-corrected chi connectivity index (χ2v) is 9.43. The van der Waals surface area contributed by atoms with Gasteiger partial charge in [-0.15, -0.1) is 0 Å². The van der Waals surface area contributed by atoms with E-state index >= 15 is 0 Å². The van der Waals surface area contributed by atoms with E-state index in [2.05, 4.69) is 0 Å². The van der Waals surface area contributed by atoms with Gasteiger partial charge in [-0.05, 0) is 60.2 Å². The molecule has 8 nitrogen and oxygen atoms in total. The Bertz CT molecular complexity index is 1180. The Hall–Kier alpha value is -3.30. The summed E-state index contributed by atoms with van der Waals surface area (Å²) in [5.74, 6) is -0.485. The summed E-state index contributed by atoms with van der Waals surface area (Å²) in [6.07, 6.45) is 1.29. The van der Waals surface area contributed by atoms with Crippen LogP contribution in [0.2, 0.25) is 5.02 Å². The second-order valence-electron chi connectivity index (χ2n) is 8.00. The van der Waals surface area contributed by atoms with E-state index in [4.69, 9.17) is 16.3 Å². The van der Waals surface area contributed by atoms with Crippen LogP contribution in [0.15, 0.2) is 53.4 Å². The summed E-state index contributed by atoms with van der Waals surface area (Å²) < 4.78 is 5.01. The molecule has 2 aromatic rings. The first kappa shape index (κ1) is 24.8. The number of rotatable bonds is 5. The Morgan fingerprint density at radius 1 is 1.03 bits per heavy atom. The number of thioether (sulfide) groups is 1. The molecule has 0 saturated carbocycles. The minimum absolute atomic E-state index is 0.123. The quantitative estimate of drug-likeness (QED) is 0.547. The molecular weight excluding hydrogens is 490 g/mol. The number of hydrogen-bond donors (Lipinski definition) is 0. The smallest absolute Gasteiger partial charge is 0.409 e. The maximum absolute atomic E-state index is 12.9. The minimum Gasteiger partial charge on any atom is -0.450 e. The van der Waals surface area contributed by atoms with Crippen molar-refractivity contribution in [3.05, 3.63) is 75.1 Å². The summed E-state index contributed by atoms with van der Waals surface area (Å²) in [5.41, 5.74) is 2.00. The Morgan fingerprint density at radius 3 is 2.37 bits per heavy atom. The van der Waals surface area contributed by atoms with E-state index in [1.165, 1.54) is 4.90 Å². The van der Waals surface area contributed by atoms with Crippen LogP contribution < -0.4 is 0 Å². The molecule has 0 radical (unpaired) electrons. The molecule has 0 spiro atoms. The molecular formula is C25H24ClN3O5S. The number of hydrogen-bond acceptors (Lipinski definition) is 6. The average molecular weight is 514 g/mol. The molecule has 0 atom stereocenters. The zero-order valence-electron chi connectivity index (χ0n) is 19.1. The van der Waals surface area contributed by atoms with Gasteiger partial charge >= 0.3 is 6.09 Å². The predicted octanol–water partition coefficient (Wildman–Crippen LogP) is 4.49. The van der Waals surface area contributed by atoms with E-state index in [1.54, 1.807) is 65.3 Å². The molecule has 182 valence electrons. The normalized spacial score (nSPS) is 17.3. The van der Waals surface area contributed by atoms with Gasteiger partial charge in [0.1, 0.15) is 0 Å². The number of carbonyl (C=O) groups is 4. The Kier molecular flexibility index (Phi) is 7.77. The molecule has 2 aliphatic rings. The summed E-state index contributed by atoms with van der Waals surface area (Å²) in [7, 11) is 0. The van der Waals surface area contributed by atoms with Gasteiger partial charge in [0, 0.05) is 36.8 Å². The summed E-state index contributed by atoms with van der Waals surface area (Å²) in [5, 5.41) is 0.204. The summed E-state index contributed by atoms with van der Waals surface area (Å²) in [6.45, 7) is 3.94. The molecule has 2 fully saturated rings. The Labute approximate surface area is 212 Å². The number of halogens is 1. The third-order valence-electron chi connectivity index (χ3n) is 5.65. The molecule has 0 N–H and O–H groups in total. The van der Waals surface area contributed by atoms with Crippen LogP contribution in [-0.2, 0) is 16.1 Å². The molecule has 0 bridgehead atoms. The lowest BCUT2D eigenvalue weighted by molar-refractivity contribution is -0.123. The molecule has 2 saturated heterocycles. The van der Waals surface area contributed by atoms with Crippen molar-refractivity contribution in [1.82, 2.24) is 14.7 Å². The van der Waals surface area contributed by atoms with Crippen molar-refractivity contribution in [2.45, 2.75) is 13.5 Å². The van der Waals surface area contributed by atoms with E-state index in [1.807, 2.05) is 6.07 Å². The zero-order valence-corrected chi connectivity index (χ0v) is 20.7. The predicted molar refractivity (Wildman–Crippen MR) is 134 cm³/mol. The van der Waals surface area contributed by atoms with Crippen LogP contribution in [-0.4, -0.2) is 70.6 Å². The van der Waals surface area contributed by atoms with Gasteiger partial charge in [0.05, 0.1) is 18.1 Å². The zero-order chi connectivity index (χ0) is 24.9. The monoisotopic (exact) mass is 513 g/mol. The highest BCUT2D eigenvalue weighted by molar-refractivity contribution is 8.18. The maximum atomic E-state index is 12.9. The van der Waals surface area contributed by atoms with Gasteiger partial charge in [0.15, 0.2) is 0 Å². The van der Waals surface area contributed by atoms with Crippen molar-refractivity contribution < 1.29 is 23.9 Å². The molecule has 0 unspecified atom stereocenters. The molecule has 0 aliphatic carbocycles. The average Bonchev–Trinajstić information content (AvgIpc) is 3.11. The number of imide groups is 1. The SMILES string of the molecule is CCOC(=O)N1CCN(C(=O)c2ccc(C=C3SC(=O)N(Cc4cccc(Cl)c4)C3=O)cc2)CC1. The van der Waals surface area contributed by atoms with Crippen LogP contribution in [0.4, 0.5) is 9.59 Å². The number of carbonyl (C=O) groups excluding carboxylic acids is 4. The number of ether oxygens (including phenoxy) is 1. The van der Waals surface area contributed by atoms with E-state index in [0.717, 1.165) is 17.3 Å². The maximum Gasteiger partial charge on any atom is 0.409 e. The highest BCUT2D eigenvalue weighted by atomic mass is 35.5. The lowest BCUT2D eigenvalue weighted by Gasteiger charge is -2.34. The van der Waals surface area contributed by atoms with Gasteiger partial charge in [-0.25, -0.2) is 4.79 Å². The van der Waals surface area contributed by atoms with E-state index in [-0.39, 0.29) is 29.7 Å². The number of piperazine rings is 1. The lowest BCUT2D eigenvalue weighted by atomic mass is 10.1. The Morgan fingerprint density at radius 2 is 1.71 bits per heavy atom. The fraction of sp³-hybridized carbons (Fsp3) is 0.280. The summed E-state index contributed by atoms with van der Waals surface area (Å²) >= 11 is 6.89. The third-order valence-corrected chi connectivity index (χ3v) is 6.79. The van der Waals surface area contributed by atoms with Crippen LogP contribution in [0.3, 0.4) is 0 Å². The summed E-state index contributed by atoms with van der Waals surface area (Å²) in [4.78, 5) is 54.7. The van der Waals surface area contributed by atoms with Crippen LogP contribution in [0.1, 0.15) is 28.4 Å². The first-order valence-electron chi connectivity index (χ1n) is 11.2. The molecule has 0 aromatic heterocycles. The first-order chi connectivity index (χ1) is 16.9. The van der Waals surface area contributed by atoms with Gasteiger partial charge in [0.25, 0.3) is 17.1 Å². The highest BCUT2D eigenvalue weighted by Gasteiger charge is 2.35. The lowest BCUT2D eigenvalue weighted by Crippen LogP contribution is -2.50. The van der Waals surface area contributed by atoms with Crippen LogP contribution in [0, 0.1) is 0 Å². The van der Waals surface area contributed by atoms with Crippen molar-refractivity contribution in [3.63, 3.8) is 0 Å². The minimum atomic E-state index is -0.361. The van der Waals surface area contributed by atoms with Crippen molar-refractivity contribution in [2.24, 2.45) is 0 Å². The summed E-state index contributed by atoms with van der Waals surface area (Å²) in [6, 6.07) is 13.9. The van der Waals surface area contributed by atoms with E-state index < -0.39 is 0 Å². The van der Waals surface area contributed by atoms with Crippen molar-refractivity contribution in [2.75, 3.05) is 32.8 Å². The van der Waals surface area contributed by atoms with Crippen LogP contribution in [0.25, 0.3) is 6.08 Å². The second kappa shape index (κ2) is 11.0. The fourth-order valence-electron chi connectivity index (χ4n) is 3.82. The largest absolute Gasteiger partial charge is 0.450 e. The fourth-order valence-corrected chi connectivity index (χ4v) is 4.87. The standard InChI is InChI=1S/C25H24ClN3O5S/c1-2-34-24(32)28-12-10-27(11-13-28)22(30)19-8-6-17(7-9-19)15-21-23(31)29(25(33)35-21)16-18-4-3-5-20(26)14-18/h3-9,14-15H,2,10-13,16H2,1H3. The first-order valence-corrected chi connectivity index (χ1v) is 12.4. The molecule has 4 amide bonds. The van der Waals surface area contributed by atoms with Crippen LogP contribution >= 0.6 is 23.4 Å². The van der Waals surface area contributed by atoms with Gasteiger partial charge in [0.2, 0.25) is 0 Å². The molecule has 2 heterocycles. The molecule has 10 heteroatoms.